The SMILES string of the molecule is CC1CO[C@@H](c2ccccc2)CN1. The van der Waals surface area contributed by atoms with Crippen LogP contribution in [0.15, 0.2) is 30.3 Å². The minimum Gasteiger partial charge on any atom is -0.371 e. The maximum absolute atomic E-state index is 5.71. The summed E-state index contributed by atoms with van der Waals surface area (Å²) < 4.78 is 5.71. The Morgan fingerprint density at radius 2 is 2.08 bits per heavy atom. The molecular weight excluding hydrogens is 162 g/mol. The van der Waals surface area contributed by atoms with Crippen molar-refractivity contribution in [1.82, 2.24) is 5.32 Å². The van der Waals surface area contributed by atoms with Crippen LogP contribution >= 0.6 is 0 Å². The monoisotopic (exact) mass is 177 g/mol. The molecule has 2 heteroatoms. The van der Waals surface area contributed by atoms with Gasteiger partial charge >= 0.3 is 0 Å². The van der Waals surface area contributed by atoms with Crippen molar-refractivity contribution >= 4 is 0 Å². The van der Waals surface area contributed by atoms with Gasteiger partial charge in [-0.3, -0.25) is 0 Å². The third-order valence-corrected chi connectivity index (χ3v) is 2.37. The first kappa shape index (κ1) is 8.73. The highest BCUT2D eigenvalue weighted by molar-refractivity contribution is 5.18. The fourth-order valence-corrected chi connectivity index (χ4v) is 1.57. The summed E-state index contributed by atoms with van der Waals surface area (Å²) in [6.45, 7) is 3.87. The maximum atomic E-state index is 5.71. The Balaban J connectivity index is 2.03. The normalized spacial score (nSPS) is 28.7. The standard InChI is InChI=1S/C11H15NO/c1-9-8-13-11(7-12-9)10-5-3-2-4-6-10/h2-6,9,11-12H,7-8H2,1H3/t9?,11-/m1/s1. The molecule has 0 radical (unpaired) electrons. The van der Waals surface area contributed by atoms with Gasteiger partial charge in [-0.15, -0.1) is 0 Å². The predicted octanol–water partition coefficient (Wildman–Crippen LogP) is 1.74. The smallest absolute Gasteiger partial charge is 0.0950 e. The fraction of sp³-hybridized carbons (Fsp3) is 0.455. The molecule has 2 atom stereocenters. The molecule has 1 aromatic rings. The van der Waals surface area contributed by atoms with Crippen LogP contribution < -0.4 is 5.32 Å². The Kier molecular flexibility index (Phi) is 2.62. The number of benzene rings is 1. The van der Waals surface area contributed by atoms with Crippen LogP contribution in [-0.2, 0) is 4.74 Å². The van der Waals surface area contributed by atoms with Crippen molar-refractivity contribution in [1.29, 1.82) is 0 Å². The van der Waals surface area contributed by atoms with Gasteiger partial charge in [0.25, 0.3) is 0 Å². The van der Waals surface area contributed by atoms with Crippen LogP contribution in [0, 0.1) is 0 Å². The predicted molar refractivity (Wildman–Crippen MR) is 52.6 cm³/mol. The average molecular weight is 177 g/mol. The van der Waals surface area contributed by atoms with Crippen LogP contribution in [0.25, 0.3) is 0 Å². The van der Waals surface area contributed by atoms with E-state index >= 15 is 0 Å². The average Bonchev–Trinajstić information content (AvgIpc) is 2.20. The third-order valence-electron chi connectivity index (χ3n) is 2.37. The Labute approximate surface area is 78.9 Å². The number of ether oxygens (including phenoxy) is 1. The quantitative estimate of drug-likeness (QED) is 0.705. The molecule has 0 bridgehead atoms. The van der Waals surface area contributed by atoms with E-state index in [1.807, 2.05) is 6.07 Å². The van der Waals surface area contributed by atoms with Crippen molar-refractivity contribution in [2.75, 3.05) is 13.2 Å². The summed E-state index contributed by atoms with van der Waals surface area (Å²) in [5.74, 6) is 0. The van der Waals surface area contributed by atoms with Crippen LogP contribution in [0.5, 0.6) is 0 Å². The number of rotatable bonds is 1. The van der Waals surface area contributed by atoms with E-state index in [1.165, 1.54) is 5.56 Å². The van der Waals surface area contributed by atoms with Gasteiger partial charge in [-0.1, -0.05) is 30.3 Å². The molecule has 0 aliphatic carbocycles. The van der Waals surface area contributed by atoms with E-state index in [0.717, 1.165) is 13.2 Å². The van der Waals surface area contributed by atoms with Gasteiger partial charge in [-0.05, 0) is 12.5 Å². The minimum absolute atomic E-state index is 0.234. The molecule has 70 valence electrons. The molecule has 0 spiro atoms. The fourth-order valence-electron chi connectivity index (χ4n) is 1.57. The van der Waals surface area contributed by atoms with E-state index in [-0.39, 0.29) is 6.10 Å². The van der Waals surface area contributed by atoms with E-state index in [9.17, 15) is 0 Å². The van der Waals surface area contributed by atoms with Gasteiger partial charge in [0.15, 0.2) is 0 Å². The van der Waals surface area contributed by atoms with Crippen LogP contribution in [-0.4, -0.2) is 19.2 Å². The van der Waals surface area contributed by atoms with Gasteiger partial charge < -0.3 is 10.1 Å². The van der Waals surface area contributed by atoms with E-state index in [1.54, 1.807) is 0 Å². The van der Waals surface area contributed by atoms with E-state index in [2.05, 4.69) is 36.5 Å². The van der Waals surface area contributed by atoms with Gasteiger partial charge in [-0.25, -0.2) is 0 Å². The first-order valence-electron chi connectivity index (χ1n) is 4.76. The molecule has 1 saturated heterocycles. The highest BCUT2D eigenvalue weighted by atomic mass is 16.5. The summed E-state index contributed by atoms with van der Waals surface area (Å²) in [7, 11) is 0. The zero-order valence-electron chi connectivity index (χ0n) is 7.86. The molecule has 1 heterocycles. The molecule has 0 amide bonds. The molecule has 1 unspecified atom stereocenters. The number of nitrogens with one attached hydrogen (secondary N) is 1. The topological polar surface area (TPSA) is 21.3 Å². The first-order chi connectivity index (χ1) is 6.36. The lowest BCUT2D eigenvalue weighted by Gasteiger charge is -2.28. The third kappa shape index (κ3) is 2.08. The Morgan fingerprint density at radius 3 is 2.69 bits per heavy atom. The minimum atomic E-state index is 0.234. The summed E-state index contributed by atoms with van der Waals surface area (Å²) in [5, 5.41) is 3.41. The van der Waals surface area contributed by atoms with Crippen molar-refractivity contribution < 1.29 is 4.74 Å². The van der Waals surface area contributed by atoms with Crippen molar-refractivity contribution in [2.45, 2.75) is 19.1 Å². The number of hydrogen-bond donors (Lipinski definition) is 1. The lowest BCUT2D eigenvalue weighted by atomic mass is 10.1. The molecule has 1 N–H and O–H groups in total. The van der Waals surface area contributed by atoms with E-state index in [4.69, 9.17) is 4.74 Å². The lowest BCUT2D eigenvalue weighted by Crippen LogP contribution is -2.40. The molecule has 0 saturated carbocycles. The summed E-state index contributed by atoms with van der Waals surface area (Å²) in [6, 6.07) is 10.8. The molecule has 1 aromatic carbocycles. The molecule has 2 rings (SSSR count). The molecule has 1 fully saturated rings. The number of morpholine rings is 1. The van der Waals surface area contributed by atoms with E-state index < -0.39 is 0 Å². The molecule has 13 heavy (non-hydrogen) atoms. The van der Waals surface area contributed by atoms with Gasteiger partial charge in [0.1, 0.15) is 0 Å². The Hall–Kier alpha value is -0.860. The van der Waals surface area contributed by atoms with Crippen LogP contribution in [0.3, 0.4) is 0 Å². The van der Waals surface area contributed by atoms with Crippen molar-refractivity contribution in [3.8, 4) is 0 Å². The lowest BCUT2D eigenvalue weighted by molar-refractivity contribution is 0.00695. The summed E-state index contributed by atoms with van der Waals surface area (Å²) in [4.78, 5) is 0. The second-order valence-corrected chi connectivity index (χ2v) is 3.54. The molecule has 1 aliphatic heterocycles. The molecule has 2 nitrogen and oxygen atoms in total. The van der Waals surface area contributed by atoms with Crippen LogP contribution in [0.1, 0.15) is 18.6 Å². The summed E-state index contributed by atoms with van der Waals surface area (Å²) in [5.41, 5.74) is 1.27. The zero-order chi connectivity index (χ0) is 9.10. The molecular formula is C11H15NO. The Morgan fingerprint density at radius 1 is 1.31 bits per heavy atom. The van der Waals surface area contributed by atoms with Gasteiger partial charge in [0, 0.05) is 12.6 Å². The van der Waals surface area contributed by atoms with Crippen LogP contribution in [0.4, 0.5) is 0 Å². The van der Waals surface area contributed by atoms with Crippen LogP contribution in [0.2, 0.25) is 0 Å². The zero-order valence-corrected chi connectivity index (χ0v) is 7.86. The van der Waals surface area contributed by atoms with Crippen molar-refractivity contribution in [2.24, 2.45) is 0 Å². The second kappa shape index (κ2) is 3.90. The van der Waals surface area contributed by atoms with E-state index in [0.29, 0.717) is 6.04 Å². The van der Waals surface area contributed by atoms with Crippen molar-refractivity contribution in [3.63, 3.8) is 0 Å². The first-order valence-corrected chi connectivity index (χ1v) is 4.76. The van der Waals surface area contributed by atoms with Gasteiger partial charge in [-0.2, -0.15) is 0 Å². The van der Waals surface area contributed by atoms with Crippen molar-refractivity contribution in [3.05, 3.63) is 35.9 Å². The highest BCUT2D eigenvalue weighted by Gasteiger charge is 2.18. The summed E-state index contributed by atoms with van der Waals surface area (Å²) in [6.07, 6.45) is 0.234. The largest absolute Gasteiger partial charge is 0.371 e. The van der Waals surface area contributed by atoms with Gasteiger partial charge in [0.05, 0.1) is 12.7 Å². The maximum Gasteiger partial charge on any atom is 0.0950 e. The summed E-state index contributed by atoms with van der Waals surface area (Å²) >= 11 is 0. The highest BCUT2D eigenvalue weighted by Crippen LogP contribution is 2.19. The molecule has 0 aromatic heterocycles. The van der Waals surface area contributed by atoms with Gasteiger partial charge in [0.2, 0.25) is 0 Å². The Bertz CT molecular complexity index is 252. The second-order valence-electron chi connectivity index (χ2n) is 3.54. The number of hydrogen-bond acceptors (Lipinski definition) is 2. The molecule has 1 aliphatic rings.